The van der Waals surface area contributed by atoms with Crippen molar-refractivity contribution in [1.29, 1.82) is 0 Å². The fraction of sp³-hybridized carbons (Fsp3) is 0.667. The summed E-state index contributed by atoms with van der Waals surface area (Å²) in [5.74, 6) is 0.123. The van der Waals surface area contributed by atoms with Gasteiger partial charge >= 0.3 is 0 Å². The van der Waals surface area contributed by atoms with Gasteiger partial charge in [-0.05, 0) is 36.8 Å². The summed E-state index contributed by atoms with van der Waals surface area (Å²) in [4.78, 5) is 18.9. The smallest absolute Gasteiger partial charge is 0.241 e. The van der Waals surface area contributed by atoms with E-state index in [1.807, 2.05) is 23.1 Å². The second-order valence-electron chi connectivity index (χ2n) is 8.07. The van der Waals surface area contributed by atoms with Gasteiger partial charge in [-0.3, -0.25) is 15.2 Å². The fourth-order valence-corrected chi connectivity index (χ4v) is 3.50. The molecular formula is C18H28N4O2. The minimum Gasteiger partial charge on any atom is -0.383 e. The number of hydrazine groups is 1. The summed E-state index contributed by atoms with van der Waals surface area (Å²) < 4.78 is 0. The topological polar surface area (TPSA) is 77.5 Å². The van der Waals surface area contributed by atoms with Crippen molar-refractivity contribution in [2.24, 2.45) is 5.41 Å². The Morgan fingerprint density at radius 3 is 2.54 bits per heavy atom. The zero-order valence-corrected chi connectivity index (χ0v) is 14.7. The molecule has 1 aromatic heterocycles. The molecule has 3 N–H and O–H groups in total. The number of amides is 1. The van der Waals surface area contributed by atoms with Crippen molar-refractivity contribution < 1.29 is 9.90 Å². The number of nitrogens with one attached hydrogen (secondary N) is 2. The average Bonchev–Trinajstić information content (AvgIpc) is 3.06. The van der Waals surface area contributed by atoms with Gasteiger partial charge in [-0.25, -0.2) is 5.43 Å². The van der Waals surface area contributed by atoms with Crippen molar-refractivity contribution in [3.05, 3.63) is 30.1 Å². The summed E-state index contributed by atoms with van der Waals surface area (Å²) in [6.45, 7) is 7.64. The van der Waals surface area contributed by atoms with E-state index in [1.54, 1.807) is 6.20 Å². The Bertz CT molecular complexity index is 576. The molecule has 2 aliphatic rings. The number of likely N-dealkylation sites (tertiary alicyclic amines) is 1. The molecule has 3 heterocycles. The van der Waals surface area contributed by atoms with Crippen LogP contribution in [0.2, 0.25) is 0 Å². The van der Waals surface area contributed by atoms with E-state index in [0.717, 1.165) is 6.42 Å². The van der Waals surface area contributed by atoms with Crippen molar-refractivity contribution in [2.75, 3.05) is 13.1 Å². The van der Waals surface area contributed by atoms with Crippen LogP contribution >= 0.6 is 0 Å². The lowest BCUT2D eigenvalue weighted by Gasteiger charge is -2.38. The maximum atomic E-state index is 12.7. The average molecular weight is 332 g/mol. The molecule has 0 aromatic carbocycles. The van der Waals surface area contributed by atoms with Crippen molar-refractivity contribution >= 4 is 5.91 Å². The highest BCUT2D eigenvalue weighted by molar-refractivity contribution is 5.82. The standard InChI is InChI=1S/C18H28N4O2/c1-17(2,3)15-12-13(20-21-15)16(23)22-10-7-18(24,8-11-22)14-6-4-5-9-19-14/h4-6,9,13,15,20-21,24H,7-8,10-12H2,1-3H3. The molecule has 1 amide bonds. The predicted molar refractivity (Wildman–Crippen MR) is 91.9 cm³/mol. The molecule has 0 saturated carbocycles. The van der Waals surface area contributed by atoms with Gasteiger partial charge in [0.15, 0.2) is 0 Å². The molecule has 2 aliphatic heterocycles. The molecule has 3 rings (SSSR count). The molecule has 0 bridgehead atoms. The van der Waals surface area contributed by atoms with Gasteiger partial charge in [0, 0.05) is 25.3 Å². The Morgan fingerprint density at radius 2 is 2.00 bits per heavy atom. The predicted octanol–water partition coefficient (Wildman–Crippen LogP) is 1.17. The van der Waals surface area contributed by atoms with Crippen LogP contribution in [0.15, 0.2) is 24.4 Å². The maximum absolute atomic E-state index is 12.7. The van der Waals surface area contributed by atoms with Crippen LogP contribution < -0.4 is 10.9 Å². The minimum atomic E-state index is -0.923. The van der Waals surface area contributed by atoms with Gasteiger partial charge in [-0.15, -0.1) is 0 Å². The molecule has 6 nitrogen and oxygen atoms in total. The minimum absolute atomic E-state index is 0.114. The van der Waals surface area contributed by atoms with E-state index in [0.29, 0.717) is 31.6 Å². The van der Waals surface area contributed by atoms with Gasteiger partial charge in [0.2, 0.25) is 5.91 Å². The quantitative estimate of drug-likeness (QED) is 0.758. The van der Waals surface area contributed by atoms with E-state index in [-0.39, 0.29) is 23.4 Å². The Morgan fingerprint density at radius 1 is 1.29 bits per heavy atom. The second kappa shape index (κ2) is 6.43. The van der Waals surface area contributed by atoms with Gasteiger partial charge in [-0.1, -0.05) is 26.8 Å². The number of piperidine rings is 1. The third kappa shape index (κ3) is 3.45. The van der Waals surface area contributed by atoms with Crippen LogP contribution in [0.3, 0.4) is 0 Å². The largest absolute Gasteiger partial charge is 0.383 e. The summed E-state index contributed by atoms with van der Waals surface area (Å²) in [5, 5.41) is 10.8. The molecule has 0 aliphatic carbocycles. The van der Waals surface area contributed by atoms with Crippen molar-refractivity contribution in [3.63, 3.8) is 0 Å². The van der Waals surface area contributed by atoms with Crippen molar-refractivity contribution in [3.8, 4) is 0 Å². The van der Waals surface area contributed by atoms with E-state index in [9.17, 15) is 9.90 Å². The molecule has 2 saturated heterocycles. The van der Waals surface area contributed by atoms with E-state index < -0.39 is 5.60 Å². The number of carbonyl (C=O) groups excluding carboxylic acids is 1. The van der Waals surface area contributed by atoms with Gasteiger partial charge < -0.3 is 10.0 Å². The summed E-state index contributed by atoms with van der Waals surface area (Å²) in [6.07, 6.45) is 3.55. The summed E-state index contributed by atoms with van der Waals surface area (Å²) >= 11 is 0. The SMILES string of the molecule is CC(C)(C)C1CC(C(=O)N2CCC(O)(c3ccccn3)CC2)NN1. The molecule has 2 atom stereocenters. The fourth-order valence-electron chi connectivity index (χ4n) is 3.50. The molecular weight excluding hydrogens is 304 g/mol. The lowest BCUT2D eigenvalue weighted by atomic mass is 9.84. The Balaban J connectivity index is 1.58. The molecule has 2 unspecified atom stereocenters. The Kier molecular flexibility index (Phi) is 4.64. The highest BCUT2D eigenvalue weighted by atomic mass is 16.3. The summed E-state index contributed by atoms with van der Waals surface area (Å²) in [7, 11) is 0. The van der Waals surface area contributed by atoms with Gasteiger partial charge in [-0.2, -0.15) is 0 Å². The molecule has 1 aromatic rings. The normalized spacial score (nSPS) is 27.2. The summed E-state index contributed by atoms with van der Waals surface area (Å²) in [6, 6.07) is 5.68. The van der Waals surface area contributed by atoms with Crippen LogP contribution in [0.5, 0.6) is 0 Å². The molecule has 132 valence electrons. The van der Waals surface area contributed by atoms with Gasteiger partial charge in [0.1, 0.15) is 11.6 Å². The van der Waals surface area contributed by atoms with E-state index >= 15 is 0 Å². The molecule has 0 spiro atoms. The highest BCUT2D eigenvalue weighted by Crippen LogP contribution is 2.32. The van der Waals surface area contributed by atoms with Crippen LogP contribution in [0.25, 0.3) is 0 Å². The maximum Gasteiger partial charge on any atom is 0.241 e. The number of hydrogen-bond acceptors (Lipinski definition) is 5. The molecule has 24 heavy (non-hydrogen) atoms. The number of aliphatic hydroxyl groups is 1. The van der Waals surface area contributed by atoms with Gasteiger partial charge in [0.25, 0.3) is 0 Å². The third-order valence-electron chi connectivity index (χ3n) is 5.29. The van der Waals surface area contributed by atoms with Crippen LogP contribution in [0.1, 0.15) is 45.7 Å². The van der Waals surface area contributed by atoms with E-state index in [2.05, 4.69) is 36.6 Å². The number of aromatic nitrogens is 1. The number of hydrogen-bond donors (Lipinski definition) is 3. The number of rotatable bonds is 2. The summed E-state index contributed by atoms with van der Waals surface area (Å²) in [5.41, 5.74) is 6.29. The van der Waals surface area contributed by atoms with Crippen LogP contribution in [0, 0.1) is 5.41 Å². The lowest BCUT2D eigenvalue weighted by molar-refractivity contribution is -0.137. The van der Waals surface area contributed by atoms with Crippen molar-refractivity contribution in [1.82, 2.24) is 20.7 Å². The highest BCUT2D eigenvalue weighted by Gasteiger charge is 2.41. The van der Waals surface area contributed by atoms with Crippen LogP contribution in [-0.4, -0.2) is 46.1 Å². The molecule has 6 heteroatoms. The first-order valence-corrected chi connectivity index (χ1v) is 8.73. The lowest BCUT2D eigenvalue weighted by Crippen LogP contribution is -2.51. The third-order valence-corrected chi connectivity index (χ3v) is 5.29. The second-order valence-corrected chi connectivity index (χ2v) is 8.07. The monoisotopic (exact) mass is 332 g/mol. The van der Waals surface area contributed by atoms with Crippen LogP contribution in [-0.2, 0) is 10.4 Å². The van der Waals surface area contributed by atoms with E-state index in [1.165, 1.54) is 0 Å². The number of pyridine rings is 1. The first kappa shape index (κ1) is 17.3. The van der Waals surface area contributed by atoms with Crippen molar-refractivity contribution in [2.45, 2.75) is 57.7 Å². The first-order chi connectivity index (χ1) is 11.3. The van der Waals surface area contributed by atoms with Gasteiger partial charge in [0.05, 0.1) is 5.69 Å². The Labute approximate surface area is 143 Å². The molecule has 0 radical (unpaired) electrons. The zero-order chi connectivity index (χ0) is 17.4. The number of carbonyl (C=O) groups is 1. The van der Waals surface area contributed by atoms with Crippen LogP contribution in [0.4, 0.5) is 0 Å². The van der Waals surface area contributed by atoms with E-state index in [4.69, 9.17) is 0 Å². The molecule has 2 fully saturated rings. The first-order valence-electron chi connectivity index (χ1n) is 8.73. The number of nitrogens with zero attached hydrogens (tertiary/aromatic N) is 2. The Hall–Kier alpha value is -1.50. The zero-order valence-electron chi connectivity index (χ0n) is 14.7.